The number of nitrogens with zero attached hydrogens (tertiary/aromatic N) is 4. The van der Waals surface area contributed by atoms with E-state index in [2.05, 4.69) is 5.10 Å². The first-order valence-electron chi connectivity index (χ1n) is 8.56. The van der Waals surface area contributed by atoms with Crippen LogP contribution in [0.3, 0.4) is 0 Å². The number of benzene rings is 1. The standard InChI is InChI=1S/C18H20N4O4/c1-12-7-5-6-10-20(12)18(24)17-16(23)11-13(2)21(19-17)14-8-3-4-9-15(14)22(25)26/h3-4,8-9,11-12H,5-7,10H2,1-2H3. The zero-order valence-electron chi connectivity index (χ0n) is 14.7. The molecule has 8 heteroatoms. The summed E-state index contributed by atoms with van der Waals surface area (Å²) in [5.41, 5.74) is -0.178. The molecule has 1 aliphatic heterocycles. The van der Waals surface area contributed by atoms with Crippen LogP contribution in [0.4, 0.5) is 5.69 Å². The molecule has 136 valence electrons. The van der Waals surface area contributed by atoms with Crippen LogP contribution in [-0.4, -0.2) is 38.1 Å². The van der Waals surface area contributed by atoms with Crippen LogP contribution < -0.4 is 5.43 Å². The zero-order valence-corrected chi connectivity index (χ0v) is 14.7. The normalized spacial score (nSPS) is 17.2. The topological polar surface area (TPSA) is 98.3 Å². The van der Waals surface area contributed by atoms with Crippen LogP contribution in [0, 0.1) is 17.0 Å². The smallest absolute Gasteiger partial charge is 0.294 e. The van der Waals surface area contributed by atoms with Crippen LogP contribution in [0.2, 0.25) is 0 Å². The first-order valence-corrected chi connectivity index (χ1v) is 8.56. The molecule has 0 N–H and O–H groups in total. The maximum Gasteiger partial charge on any atom is 0.294 e. The van der Waals surface area contributed by atoms with Gasteiger partial charge in [-0.3, -0.25) is 19.7 Å². The molecule has 1 aromatic heterocycles. The third-order valence-electron chi connectivity index (χ3n) is 4.68. The SMILES string of the molecule is Cc1cc(=O)c(C(=O)N2CCCCC2C)nn1-c1ccccc1[N+](=O)[O-]. The van der Waals surface area contributed by atoms with Gasteiger partial charge >= 0.3 is 0 Å². The van der Waals surface area contributed by atoms with E-state index >= 15 is 0 Å². The van der Waals surface area contributed by atoms with Gasteiger partial charge in [0.15, 0.2) is 5.69 Å². The highest BCUT2D eigenvalue weighted by molar-refractivity contribution is 5.92. The molecule has 8 nitrogen and oxygen atoms in total. The predicted octanol–water partition coefficient (Wildman–Crippen LogP) is 2.46. The van der Waals surface area contributed by atoms with Gasteiger partial charge in [0.1, 0.15) is 5.69 Å². The fraction of sp³-hybridized carbons (Fsp3) is 0.389. The molecule has 1 amide bonds. The second-order valence-electron chi connectivity index (χ2n) is 6.50. The molecule has 1 fully saturated rings. The number of carbonyl (C=O) groups excluding carboxylic acids is 1. The summed E-state index contributed by atoms with van der Waals surface area (Å²) in [5.74, 6) is -0.422. The molecule has 0 aliphatic carbocycles. The molecule has 1 saturated heterocycles. The number of hydrogen-bond donors (Lipinski definition) is 0. The van der Waals surface area contributed by atoms with E-state index in [1.165, 1.54) is 16.8 Å². The largest absolute Gasteiger partial charge is 0.334 e. The lowest BCUT2D eigenvalue weighted by atomic mass is 10.0. The van der Waals surface area contributed by atoms with Gasteiger partial charge in [-0.25, -0.2) is 4.68 Å². The lowest BCUT2D eigenvalue weighted by Crippen LogP contribution is -2.44. The molecular weight excluding hydrogens is 336 g/mol. The van der Waals surface area contributed by atoms with Crippen molar-refractivity contribution in [1.29, 1.82) is 0 Å². The Labute approximate surface area is 150 Å². The Kier molecular flexibility index (Phi) is 4.83. The zero-order chi connectivity index (χ0) is 18.8. The Hall–Kier alpha value is -3.03. The summed E-state index contributed by atoms with van der Waals surface area (Å²) >= 11 is 0. The third-order valence-corrected chi connectivity index (χ3v) is 4.68. The summed E-state index contributed by atoms with van der Waals surface area (Å²) < 4.78 is 1.29. The Morgan fingerprint density at radius 1 is 1.31 bits per heavy atom. The van der Waals surface area contributed by atoms with Gasteiger partial charge < -0.3 is 4.90 Å². The number of para-hydroxylation sites is 2. The van der Waals surface area contributed by atoms with Crippen LogP contribution >= 0.6 is 0 Å². The van der Waals surface area contributed by atoms with E-state index in [-0.39, 0.29) is 23.1 Å². The Morgan fingerprint density at radius 2 is 2.04 bits per heavy atom. The number of likely N-dealkylation sites (tertiary alicyclic amines) is 1. The highest BCUT2D eigenvalue weighted by Crippen LogP contribution is 2.23. The highest BCUT2D eigenvalue weighted by atomic mass is 16.6. The lowest BCUT2D eigenvalue weighted by molar-refractivity contribution is -0.384. The molecular formula is C18H20N4O4. The van der Waals surface area contributed by atoms with E-state index < -0.39 is 16.3 Å². The molecule has 0 radical (unpaired) electrons. The minimum atomic E-state index is -0.511. The van der Waals surface area contributed by atoms with Gasteiger partial charge in [-0.05, 0) is 39.2 Å². The van der Waals surface area contributed by atoms with Crippen molar-refractivity contribution in [2.24, 2.45) is 0 Å². The molecule has 0 bridgehead atoms. The number of nitro benzene ring substituents is 1. The predicted molar refractivity (Wildman–Crippen MR) is 95.6 cm³/mol. The van der Waals surface area contributed by atoms with Gasteiger partial charge in [0.05, 0.1) is 4.92 Å². The van der Waals surface area contributed by atoms with E-state index in [0.717, 1.165) is 19.3 Å². The quantitative estimate of drug-likeness (QED) is 0.621. The van der Waals surface area contributed by atoms with E-state index in [1.54, 1.807) is 30.0 Å². The number of aromatic nitrogens is 2. The van der Waals surface area contributed by atoms with Crippen LogP contribution in [0.25, 0.3) is 5.69 Å². The van der Waals surface area contributed by atoms with Crippen molar-refractivity contribution in [2.75, 3.05) is 6.54 Å². The molecule has 26 heavy (non-hydrogen) atoms. The van der Waals surface area contributed by atoms with Crippen molar-refractivity contribution in [1.82, 2.24) is 14.7 Å². The van der Waals surface area contributed by atoms with Gasteiger partial charge in [-0.2, -0.15) is 5.10 Å². The van der Waals surface area contributed by atoms with Crippen molar-refractivity contribution in [3.63, 3.8) is 0 Å². The van der Waals surface area contributed by atoms with Gasteiger partial charge in [0.2, 0.25) is 5.43 Å². The molecule has 1 aromatic carbocycles. The number of aryl methyl sites for hydroxylation is 1. The summed E-state index contributed by atoms with van der Waals surface area (Å²) in [4.78, 5) is 37.7. The van der Waals surface area contributed by atoms with E-state index in [0.29, 0.717) is 12.2 Å². The Morgan fingerprint density at radius 3 is 2.73 bits per heavy atom. The fourth-order valence-electron chi connectivity index (χ4n) is 3.27. The number of piperidine rings is 1. The van der Waals surface area contributed by atoms with Crippen molar-refractivity contribution >= 4 is 11.6 Å². The van der Waals surface area contributed by atoms with Crippen LogP contribution in [0.1, 0.15) is 42.4 Å². The van der Waals surface area contributed by atoms with Crippen molar-refractivity contribution < 1.29 is 9.72 Å². The minimum Gasteiger partial charge on any atom is -0.334 e. The second kappa shape index (κ2) is 7.07. The number of rotatable bonds is 3. The fourth-order valence-corrected chi connectivity index (χ4v) is 3.27. The monoisotopic (exact) mass is 356 g/mol. The average Bonchev–Trinajstić information content (AvgIpc) is 2.62. The highest BCUT2D eigenvalue weighted by Gasteiger charge is 2.28. The summed E-state index contributed by atoms with van der Waals surface area (Å²) in [5, 5.41) is 15.5. The number of nitro groups is 1. The average molecular weight is 356 g/mol. The summed E-state index contributed by atoms with van der Waals surface area (Å²) in [6.45, 7) is 4.16. The van der Waals surface area contributed by atoms with Crippen LogP contribution in [0.5, 0.6) is 0 Å². The van der Waals surface area contributed by atoms with Crippen molar-refractivity contribution in [3.05, 3.63) is 62.1 Å². The lowest BCUT2D eigenvalue weighted by Gasteiger charge is -2.33. The van der Waals surface area contributed by atoms with Crippen LogP contribution in [0.15, 0.2) is 35.1 Å². The molecule has 1 unspecified atom stereocenters. The van der Waals surface area contributed by atoms with Gasteiger partial charge in [0.25, 0.3) is 11.6 Å². The van der Waals surface area contributed by atoms with Gasteiger partial charge in [-0.1, -0.05) is 12.1 Å². The first kappa shape index (κ1) is 17.8. The summed E-state index contributed by atoms with van der Waals surface area (Å²) in [7, 11) is 0. The van der Waals surface area contributed by atoms with Gasteiger partial charge in [-0.15, -0.1) is 0 Å². The summed E-state index contributed by atoms with van der Waals surface area (Å²) in [6, 6.07) is 7.45. The molecule has 1 atom stereocenters. The summed E-state index contributed by atoms with van der Waals surface area (Å²) in [6.07, 6.45) is 2.82. The minimum absolute atomic E-state index is 0.0401. The molecule has 0 spiro atoms. The number of hydrogen-bond acceptors (Lipinski definition) is 5. The molecule has 2 aromatic rings. The Balaban J connectivity index is 2.10. The number of amides is 1. The maximum absolute atomic E-state index is 12.9. The molecule has 0 saturated carbocycles. The van der Waals surface area contributed by atoms with E-state index in [4.69, 9.17) is 0 Å². The molecule has 2 heterocycles. The van der Waals surface area contributed by atoms with E-state index in [9.17, 15) is 19.7 Å². The van der Waals surface area contributed by atoms with Gasteiger partial charge in [0, 0.05) is 30.4 Å². The maximum atomic E-state index is 12.9. The van der Waals surface area contributed by atoms with E-state index in [1.807, 2.05) is 6.92 Å². The molecule has 1 aliphatic rings. The molecule has 3 rings (SSSR count). The van der Waals surface area contributed by atoms with Crippen molar-refractivity contribution in [3.8, 4) is 5.69 Å². The number of carbonyl (C=O) groups is 1. The second-order valence-corrected chi connectivity index (χ2v) is 6.50. The third kappa shape index (κ3) is 3.22. The van der Waals surface area contributed by atoms with Crippen molar-refractivity contribution in [2.45, 2.75) is 39.2 Å². The Bertz CT molecular complexity index is 922. The first-order chi connectivity index (χ1) is 12.4. The van der Waals surface area contributed by atoms with Crippen LogP contribution in [-0.2, 0) is 0 Å².